The van der Waals surface area contributed by atoms with E-state index in [1.54, 1.807) is 6.07 Å². The predicted octanol–water partition coefficient (Wildman–Crippen LogP) is 9.40. The molecule has 5 rings (SSSR count). The predicted molar refractivity (Wildman–Crippen MR) is 153 cm³/mol. The largest absolute Gasteiger partial charge is 0.386 e. The van der Waals surface area contributed by atoms with E-state index in [-0.39, 0.29) is 11.2 Å². The van der Waals surface area contributed by atoms with Crippen LogP contribution in [0.5, 0.6) is 0 Å². The maximum absolute atomic E-state index is 13.9. The smallest absolute Gasteiger partial charge is 0.123 e. The lowest BCUT2D eigenvalue weighted by atomic mass is 9.82. The van der Waals surface area contributed by atoms with Gasteiger partial charge in [-0.25, -0.2) is 4.39 Å². The Morgan fingerprint density at radius 2 is 1.22 bits per heavy atom. The van der Waals surface area contributed by atoms with Gasteiger partial charge in [-0.3, -0.25) is 0 Å². The van der Waals surface area contributed by atoms with E-state index < -0.39 is 0 Å². The highest BCUT2D eigenvalue weighted by atomic mass is 19.1. The lowest BCUT2D eigenvalue weighted by Crippen LogP contribution is -2.12. The first-order valence-corrected chi connectivity index (χ1v) is 12.3. The first-order valence-electron chi connectivity index (χ1n) is 12.3. The van der Waals surface area contributed by atoms with Crippen molar-refractivity contribution in [1.82, 2.24) is 0 Å². The summed E-state index contributed by atoms with van der Waals surface area (Å²) in [5, 5.41) is 8.97. The van der Waals surface area contributed by atoms with E-state index in [9.17, 15) is 4.39 Å². The van der Waals surface area contributed by atoms with E-state index in [4.69, 9.17) is 0 Å². The molecule has 0 aromatic heterocycles. The van der Waals surface area contributed by atoms with Crippen molar-refractivity contribution in [3.63, 3.8) is 0 Å². The first kappa shape index (κ1) is 23.6. The monoisotopic (exact) mass is 474 g/mol. The average Bonchev–Trinajstić information content (AvgIpc) is 2.89. The van der Waals surface area contributed by atoms with Gasteiger partial charge in [-0.2, -0.15) is 0 Å². The van der Waals surface area contributed by atoms with Crippen LogP contribution < -0.4 is 10.6 Å². The lowest BCUT2D eigenvalue weighted by molar-refractivity contribution is 0.591. The number of anilines is 3. The van der Waals surface area contributed by atoms with E-state index in [1.807, 2.05) is 37.4 Å². The number of nitrogens with one attached hydrogen (secondary N) is 2. The number of benzene rings is 5. The summed E-state index contributed by atoms with van der Waals surface area (Å²) < 4.78 is 13.9. The quantitative estimate of drug-likeness (QED) is 0.265. The highest BCUT2D eigenvalue weighted by molar-refractivity contribution is 6.03. The van der Waals surface area contributed by atoms with E-state index in [0.717, 1.165) is 50.1 Å². The van der Waals surface area contributed by atoms with Crippen molar-refractivity contribution in [3.8, 4) is 22.3 Å². The average molecular weight is 475 g/mol. The summed E-state index contributed by atoms with van der Waals surface area (Å²) in [7, 11) is 1.90. The van der Waals surface area contributed by atoms with Crippen LogP contribution in [0, 0.1) is 5.82 Å². The van der Waals surface area contributed by atoms with Crippen LogP contribution >= 0.6 is 0 Å². The molecule has 180 valence electrons. The number of halogens is 1. The van der Waals surface area contributed by atoms with Gasteiger partial charge < -0.3 is 10.6 Å². The van der Waals surface area contributed by atoms with Crippen LogP contribution in [0.1, 0.15) is 26.3 Å². The summed E-state index contributed by atoms with van der Waals surface area (Å²) in [6.07, 6.45) is 0. The summed E-state index contributed by atoms with van der Waals surface area (Å²) >= 11 is 0. The minimum atomic E-state index is -0.235. The second-order valence-electron chi connectivity index (χ2n) is 10.2. The lowest BCUT2D eigenvalue weighted by Gasteiger charge is -2.26. The second kappa shape index (κ2) is 9.50. The molecule has 0 aliphatic carbocycles. The fourth-order valence-corrected chi connectivity index (χ4v) is 4.71. The van der Waals surface area contributed by atoms with Crippen LogP contribution in [-0.4, -0.2) is 7.05 Å². The number of rotatable bonds is 5. The summed E-state index contributed by atoms with van der Waals surface area (Å²) in [5.41, 5.74) is 8.75. The maximum Gasteiger partial charge on any atom is 0.123 e. The third kappa shape index (κ3) is 4.57. The van der Waals surface area contributed by atoms with Crippen LogP contribution in [0.4, 0.5) is 21.5 Å². The van der Waals surface area contributed by atoms with Gasteiger partial charge in [0.2, 0.25) is 0 Å². The molecular weight excluding hydrogens is 443 g/mol. The molecule has 0 amide bonds. The molecule has 0 bridgehead atoms. The Hall–Kier alpha value is -4.11. The van der Waals surface area contributed by atoms with Crippen molar-refractivity contribution in [2.75, 3.05) is 17.7 Å². The van der Waals surface area contributed by atoms with E-state index in [2.05, 4.69) is 92.1 Å². The zero-order chi connectivity index (χ0) is 25.3. The normalized spacial score (nSPS) is 11.5. The molecule has 0 fully saturated rings. The minimum absolute atomic E-state index is 0.0191. The van der Waals surface area contributed by atoms with Crippen LogP contribution in [0.15, 0.2) is 103 Å². The molecule has 0 saturated heterocycles. The van der Waals surface area contributed by atoms with Crippen LogP contribution in [0.2, 0.25) is 0 Å². The fraction of sp³-hybridized carbons (Fsp3) is 0.152. The molecule has 3 heteroatoms. The molecule has 0 aliphatic rings. The number of fused-ring (bicyclic) bond motifs is 1. The van der Waals surface area contributed by atoms with Gasteiger partial charge in [0.15, 0.2) is 0 Å². The molecule has 0 aliphatic heterocycles. The Kier molecular flexibility index (Phi) is 6.24. The van der Waals surface area contributed by atoms with Crippen molar-refractivity contribution >= 4 is 27.8 Å². The molecule has 2 nitrogen and oxygen atoms in total. The Morgan fingerprint density at radius 3 is 1.75 bits per heavy atom. The van der Waals surface area contributed by atoms with Gasteiger partial charge in [-0.15, -0.1) is 0 Å². The van der Waals surface area contributed by atoms with Gasteiger partial charge in [-0.1, -0.05) is 87.5 Å². The van der Waals surface area contributed by atoms with E-state index in [1.165, 1.54) is 11.6 Å². The Bertz CT molecular complexity index is 1460. The van der Waals surface area contributed by atoms with E-state index in [0.29, 0.717) is 0 Å². The SMILES string of the molecule is CNc1c(Nc2c(-c3ccccc3)cc(C(C)(C)C)cc2-c2ccccc2)ccc2cc(F)ccc12. The van der Waals surface area contributed by atoms with E-state index >= 15 is 0 Å². The summed E-state index contributed by atoms with van der Waals surface area (Å²) in [4.78, 5) is 0. The first-order chi connectivity index (χ1) is 17.3. The zero-order valence-corrected chi connectivity index (χ0v) is 21.2. The van der Waals surface area contributed by atoms with Crippen molar-refractivity contribution in [3.05, 3.63) is 115 Å². The van der Waals surface area contributed by atoms with Crippen molar-refractivity contribution < 1.29 is 4.39 Å². The van der Waals surface area contributed by atoms with Gasteiger partial charge in [0.25, 0.3) is 0 Å². The zero-order valence-electron chi connectivity index (χ0n) is 21.2. The highest BCUT2D eigenvalue weighted by Crippen LogP contribution is 2.44. The topological polar surface area (TPSA) is 24.1 Å². The molecule has 0 saturated carbocycles. The maximum atomic E-state index is 13.9. The Labute approximate surface area is 212 Å². The van der Waals surface area contributed by atoms with Crippen molar-refractivity contribution in [2.24, 2.45) is 0 Å². The summed E-state index contributed by atoms with van der Waals surface area (Å²) in [6, 6.07) is 34.5. The van der Waals surface area contributed by atoms with Crippen molar-refractivity contribution in [1.29, 1.82) is 0 Å². The number of hydrogen-bond donors (Lipinski definition) is 2. The van der Waals surface area contributed by atoms with Gasteiger partial charge in [-0.05, 0) is 63.9 Å². The molecule has 0 radical (unpaired) electrons. The molecule has 0 spiro atoms. The third-order valence-corrected chi connectivity index (χ3v) is 6.67. The standard InChI is InChI=1S/C33H31FN2/c1-33(2,3)25-20-28(22-11-7-5-8-12-22)31(29(21-25)23-13-9-6-10-14-23)36-30-18-15-24-19-26(34)16-17-27(24)32(30)35-4/h5-21,35-36H,1-4H3. The minimum Gasteiger partial charge on any atom is -0.386 e. The van der Waals surface area contributed by atoms with Gasteiger partial charge in [0.05, 0.1) is 17.1 Å². The summed E-state index contributed by atoms with van der Waals surface area (Å²) in [5.74, 6) is -0.235. The Morgan fingerprint density at radius 1 is 0.639 bits per heavy atom. The molecular formula is C33H31FN2. The molecule has 36 heavy (non-hydrogen) atoms. The van der Waals surface area contributed by atoms with Crippen LogP contribution in [0.25, 0.3) is 33.0 Å². The van der Waals surface area contributed by atoms with Crippen LogP contribution in [-0.2, 0) is 5.41 Å². The number of hydrogen-bond acceptors (Lipinski definition) is 2. The molecule has 5 aromatic carbocycles. The fourth-order valence-electron chi connectivity index (χ4n) is 4.71. The van der Waals surface area contributed by atoms with Gasteiger partial charge in [0, 0.05) is 23.6 Å². The molecule has 2 N–H and O–H groups in total. The van der Waals surface area contributed by atoms with Crippen LogP contribution in [0.3, 0.4) is 0 Å². The van der Waals surface area contributed by atoms with Crippen molar-refractivity contribution in [2.45, 2.75) is 26.2 Å². The Balaban J connectivity index is 1.79. The van der Waals surface area contributed by atoms with Gasteiger partial charge >= 0.3 is 0 Å². The third-order valence-electron chi connectivity index (χ3n) is 6.67. The second-order valence-corrected chi connectivity index (χ2v) is 10.2. The van der Waals surface area contributed by atoms with Gasteiger partial charge in [0.1, 0.15) is 5.82 Å². The summed E-state index contributed by atoms with van der Waals surface area (Å²) in [6.45, 7) is 6.75. The molecule has 0 unspecified atom stereocenters. The highest BCUT2D eigenvalue weighted by Gasteiger charge is 2.21. The molecule has 0 atom stereocenters. The molecule has 0 heterocycles. The molecule has 5 aromatic rings.